The molecule has 1 saturated heterocycles. The third-order valence-electron chi connectivity index (χ3n) is 6.11. The van der Waals surface area contributed by atoms with Gasteiger partial charge in [0.15, 0.2) is 0 Å². The average molecular weight is 518 g/mol. The Hall–Kier alpha value is -3.66. The van der Waals surface area contributed by atoms with Crippen molar-refractivity contribution in [3.05, 3.63) is 59.7 Å². The molecule has 9 heteroatoms. The highest BCUT2D eigenvalue weighted by Crippen LogP contribution is 2.25. The van der Waals surface area contributed by atoms with Gasteiger partial charge in [-0.15, -0.1) is 0 Å². The zero-order chi connectivity index (χ0) is 27.0. The van der Waals surface area contributed by atoms with Crippen LogP contribution in [0, 0.1) is 34.5 Å². The number of hydrogen-bond acceptors (Lipinski definition) is 6. The molecule has 2 aromatic rings. The summed E-state index contributed by atoms with van der Waals surface area (Å²) in [5, 5.41) is 21.6. The molecule has 0 unspecified atom stereocenters. The first-order valence-electron chi connectivity index (χ1n) is 12.3. The number of ether oxygens (including phenoxy) is 2. The van der Waals surface area contributed by atoms with Gasteiger partial charge in [-0.1, -0.05) is 43.3 Å². The highest BCUT2D eigenvalue weighted by molar-refractivity contribution is 6.89. The number of nitrogens with one attached hydrogen (secondary N) is 2. The molecule has 2 amide bonds. The number of carbonyl (C=O) groups is 2. The third kappa shape index (κ3) is 8.45. The van der Waals surface area contributed by atoms with E-state index in [4.69, 9.17) is 14.7 Å². The molecule has 1 heterocycles. The maximum atomic E-state index is 13.2. The molecule has 1 fully saturated rings. The Balaban J connectivity index is 1.66. The van der Waals surface area contributed by atoms with E-state index in [-0.39, 0.29) is 17.4 Å². The van der Waals surface area contributed by atoms with Crippen LogP contribution < -0.4 is 10.3 Å². The minimum Gasteiger partial charge on any atom is -0.444 e. The van der Waals surface area contributed by atoms with Crippen LogP contribution >= 0.6 is 0 Å². The smallest absolute Gasteiger partial charge is 0.399 e. The minimum absolute atomic E-state index is 0.157. The molecule has 1 aliphatic heterocycles. The first kappa shape index (κ1) is 27.9. The average Bonchev–Trinajstić information content (AvgIpc) is 3.26. The fourth-order valence-corrected chi connectivity index (χ4v) is 6.13. The number of nitriles is 2. The highest BCUT2D eigenvalue weighted by Gasteiger charge is 2.35. The first-order valence-corrected chi connectivity index (χ1v) is 14.0. The molecule has 3 rings (SSSR count). The van der Waals surface area contributed by atoms with Crippen molar-refractivity contribution in [1.82, 2.24) is 10.3 Å². The van der Waals surface area contributed by atoms with E-state index in [0.29, 0.717) is 31.2 Å². The van der Waals surface area contributed by atoms with E-state index in [1.54, 1.807) is 32.9 Å². The molecule has 37 heavy (non-hydrogen) atoms. The molecule has 0 saturated carbocycles. The van der Waals surface area contributed by atoms with Crippen molar-refractivity contribution in [3.63, 3.8) is 0 Å². The number of carbonyl (C=O) groups excluding carboxylic acids is 2. The van der Waals surface area contributed by atoms with Crippen molar-refractivity contribution >= 4 is 20.6 Å². The molecule has 0 aromatic heterocycles. The SMILES string of the molecule is C[C@H]1COC[C@H]1C[Si](NC(=O)OC(C)(C)C)C(=O)N[C@H](C#N)Cc1ccc(-c2ccc(C#N)cc2)cc1. The lowest BCUT2D eigenvalue weighted by Gasteiger charge is -2.24. The van der Waals surface area contributed by atoms with Gasteiger partial charge in [0.1, 0.15) is 11.6 Å². The molecular formula is C28H33N4O4Si. The topological polar surface area (TPSA) is 124 Å². The van der Waals surface area contributed by atoms with Crippen molar-refractivity contribution in [1.29, 1.82) is 10.5 Å². The number of rotatable bonds is 8. The van der Waals surface area contributed by atoms with Gasteiger partial charge in [-0.25, -0.2) is 4.79 Å². The van der Waals surface area contributed by atoms with E-state index in [0.717, 1.165) is 16.7 Å². The van der Waals surface area contributed by atoms with E-state index < -0.39 is 26.7 Å². The zero-order valence-corrected chi connectivity index (χ0v) is 22.7. The summed E-state index contributed by atoms with van der Waals surface area (Å²) in [6, 6.07) is 19.1. The van der Waals surface area contributed by atoms with Gasteiger partial charge in [0.05, 0.1) is 17.7 Å². The lowest BCUT2D eigenvalue weighted by molar-refractivity contribution is 0.0565. The molecule has 193 valence electrons. The number of benzene rings is 2. The summed E-state index contributed by atoms with van der Waals surface area (Å²) in [5.74, 6) is 0.444. The molecular weight excluding hydrogens is 484 g/mol. The summed E-state index contributed by atoms with van der Waals surface area (Å²) in [6.45, 7) is 8.56. The minimum atomic E-state index is -2.08. The summed E-state index contributed by atoms with van der Waals surface area (Å²) >= 11 is 0. The molecule has 0 spiro atoms. The molecule has 1 radical (unpaired) electrons. The predicted molar refractivity (Wildman–Crippen MR) is 142 cm³/mol. The van der Waals surface area contributed by atoms with Crippen LogP contribution in [0.25, 0.3) is 11.1 Å². The zero-order valence-electron chi connectivity index (χ0n) is 21.7. The van der Waals surface area contributed by atoms with Crippen molar-refractivity contribution in [2.75, 3.05) is 13.2 Å². The molecule has 0 aliphatic carbocycles. The summed E-state index contributed by atoms with van der Waals surface area (Å²) in [6.07, 6.45) is -0.296. The summed E-state index contributed by atoms with van der Waals surface area (Å²) < 4.78 is 10.9. The van der Waals surface area contributed by atoms with Gasteiger partial charge in [0.25, 0.3) is 8.96 Å². The summed E-state index contributed by atoms with van der Waals surface area (Å²) in [5.41, 5.74) is 2.47. The predicted octanol–water partition coefficient (Wildman–Crippen LogP) is 4.75. The normalized spacial score (nSPS) is 17.9. The van der Waals surface area contributed by atoms with Gasteiger partial charge < -0.3 is 19.8 Å². The van der Waals surface area contributed by atoms with Gasteiger partial charge in [-0.3, -0.25) is 4.79 Å². The molecule has 0 bridgehead atoms. The Morgan fingerprint density at radius 2 is 1.70 bits per heavy atom. The monoisotopic (exact) mass is 517 g/mol. The molecule has 2 aromatic carbocycles. The molecule has 2 N–H and O–H groups in total. The Labute approximate surface area is 220 Å². The van der Waals surface area contributed by atoms with Crippen LogP contribution in [0.15, 0.2) is 48.5 Å². The second kappa shape index (κ2) is 12.5. The Morgan fingerprint density at radius 3 is 2.22 bits per heavy atom. The standard InChI is InChI=1S/C28H33N4O4Si/c1-19-16-35-17-24(19)18-37(32-26(33)36-28(2,3)4)27(34)31-25(15-30)13-20-5-9-22(10-6-20)23-11-7-21(14-29)8-12-23/h5-12,19,24-25H,13,16-18H2,1-4H3,(H,31,34)(H,32,33)/t19-,24-,25-/m0/s1. The van der Waals surface area contributed by atoms with Crippen LogP contribution in [0.4, 0.5) is 9.59 Å². The van der Waals surface area contributed by atoms with Crippen LogP contribution in [-0.2, 0) is 15.9 Å². The fraction of sp³-hybridized carbons (Fsp3) is 0.429. The lowest BCUT2D eigenvalue weighted by Crippen LogP contribution is -2.54. The second-order valence-electron chi connectivity index (χ2n) is 10.3. The maximum Gasteiger partial charge on any atom is 0.399 e. The van der Waals surface area contributed by atoms with Crippen LogP contribution in [0.5, 0.6) is 0 Å². The summed E-state index contributed by atoms with van der Waals surface area (Å²) in [7, 11) is -2.08. The number of hydrogen-bond donors (Lipinski definition) is 2. The Kier molecular flexibility index (Phi) is 9.46. The van der Waals surface area contributed by atoms with Crippen molar-refractivity contribution in [2.24, 2.45) is 11.8 Å². The van der Waals surface area contributed by atoms with Crippen LogP contribution in [-0.4, -0.2) is 45.4 Å². The van der Waals surface area contributed by atoms with Crippen molar-refractivity contribution in [2.45, 2.75) is 51.8 Å². The van der Waals surface area contributed by atoms with E-state index in [1.807, 2.05) is 36.4 Å². The lowest BCUT2D eigenvalue weighted by atomic mass is 10.0. The van der Waals surface area contributed by atoms with Crippen molar-refractivity contribution < 1.29 is 19.1 Å². The first-order chi connectivity index (χ1) is 17.6. The van der Waals surface area contributed by atoms with Gasteiger partial charge >= 0.3 is 6.09 Å². The maximum absolute atomic E-state index is 13.2. The van der Waals surface area contributed by atoms with E-state index in [9.17, 15) is 14.9 Å². The molecule has 8 nitrogen and oxygen atoms in total. The Bertz CT molecular complexity index is 1160. The van der Waals surface area contributed by atoms with Crippen LogP contribution in [0.1, 0.15) is 38.8 Å². The number of nitrogens with zero attached hydrogens (tertiary/aromatic N) is 2. The van der Waals surface area contributed by atoms with E-state index in [2.05, 4.69) is 29.4 Å². The molecule has 1 aliphatic rings. The highest BCUT2D eigenvalue weighted by atomic mass is 28.3. The van der Waals surface area contributed by atoms with Crippen LogP contribution in [0.2, 0.25) is 6.04 Å². The third-order valence-corrected chi connectivity index (χ3v) is 8.24. The quantitative estimate of drug-likeness (QED) is 0.487. The van der Waals surface area contributed by atoms with Gasteiger partial charge in [0.2, 0.25) is 5.53 Å². The van der Waals surface area contributed by atoms with E-state index in [1.165, 1.54) is 0 Å². The fourth-order valence-electron chi connectivity index (χ4n) is 4.04. The van der Waals surface area contributed by atoms with E-state index >= 15 is 0 Å². The Morgan fingerprint density at radius 1 is 1.08 bits per heavy atom. The molecule has 3 atom stereocenters. The van der Waals surface area contributed by atoms with Crippen LogP contribution in [0.3, 0.4) is 0 Å². The van der Waals surface area contributed by atoms with Gasteiger partial charge in [-0.2, -0.15) is 10.5 Å². The van der Waals surface area contributed by atoms with Crippen molar-refractivity contribution in [3.8, 4) is 23.3 Å². The summed E-state index contributed by atoms with van der Waals surface area (Å²) in [4.78, 5) is 28.5. The second-order valence-corrected chi connectivity index (χ2v) is 12.4. The largest absolute Gasteiger partial charge is 0.444 e. The van der Waals surface area contributed by atoms with Gasteiger partial charge in [0, 0.05) is 19.6 Å². The number of amides is 2. The van der Waals surface area contributed by atoms with Gasteiger partial charge in [-0.05, 0) is 67.5 Å².